The number of piperidine rings is 1. The van der Waals surface area contributed by atoms with Gasteiger partial charge in [0.25, 0.3) is 0 Å². The molecule has 2 saturated heterocycles. The minimum absolute atomic E-state index is 0.0268. The van der Waals surface area contributed by atoms with Crippen molar-refractivity contribution >= 4 is 11.9 Å². The Balaban J connectivity index is 1.39. The number of fused-ring (bicyclic) bond motifs is 2. The molecule has 2 bridgehead atoms. The summed E-state index contributed by atoms with van der Waals surface area (Å²) in [5.41, 5.74) is 1.42. The number of carbonyl (C=O) groups is 2. The van der Waals surface area contributed by atoms with E-state index in [1.807, 2.05) is 36.4 Å². The largest absolute Gasteiger partial charge is 0.445 e. The highest BCUT2D eigenvalue weighted by atomic mass is 19.1. The summed E-state index contributed by atoms with van der Waals surface area (Å²) < 4.78 is 25.3. The van der Waals surface area contributed by atoms with Crippen LogP contribution in [0.3, 0.4) is 0 Å². The summed E-state index contributed by atoms with van der Waals surface area (Å²) in [4.78, 5) is 27.3. The molecule has 31 heavy (non-hydrogen) atoms. The van der Waals surface area contributed by atoms with E-state index < -0.39 is 11.9 Å². The van der Waals surface area contributed by atoms with E-state index in [0.29, 0.717) is 26.1 Å². The summed E-state index contributed by atoms with van der Waals surface area (Å²) in [6, 6.07) is 15.0. The van der Waals surface area contributed by atoms with Gasteiger partial charge in [0.15, 0.2) is 0 Å². The number of rotatable bonds is 5. The van der Waals surface area contributed by atoms with Crippen LogP contribution in [0, 0.1) is 23.1 Å². The first-order valence-corrected chi connectivity index (χ1v) is 10.3. The molecule has 160 valence electrons. The van der Waals surface area contributed by atoms with E-state index in [-0.39, 0.29) is 47.9 Å². The van der Waals surface area contributed by atoms with Crippen molar-refractivity contribution in [1.29, 1.82) is 5.26 Å². The molecule has 6 nitrogen and oxygen atoms in total. The topological polar surface area (TPSA) is 79.6 Å². The Kier molecular flexibility index (Phi) is 6.28. The molecule has 0 N–H and O–H groups in total. The molecule has 2 aliphatic heterocycles. The Morgan fingerprint density at radius 2 is 1.84 bits per heavy atom. The van der Waals surface area contributed by atoms with Gasteiger partial charge in [-0.15, -0.1) is 0 Å². The van der Waals surface area contributed by atoms with E-state index >= 15 is 0 Å². The van der Waals surface area contributed by atoms with E-state index in [0.717, 1.165) is 11.6 Å². The third kappa shape index (κ3) is 4.75. The van der Waals surface area contributed by atoms with Crippen molar-refractivity contribution < 1.29 is 23.5 Å². The van der Waals surface area contributed by atoms with E-state index in [2.05, 4.69) is 0 Å². The van der Waals surface area contributed by atoms with Gasteiger partial charge >= 0.3 is 6.09 Å². The van der Waals surface area contributed by atoms with E-state index in [1.54, 1.807) is 4.90 Å². The van der Waals surface area contributed by atoms with Gasteiger partial charge in [-0.05, 0) is 36.1 Å². The standard InChI is InChI=1S/C24H23FN2O4/c25-22-8-17(12-26)6-7-18(22)11-23(28)19-9-20-14-30-15-21(10-19)27(20)24(29)31-13-16-4-2-1-3-5-16/h1-8,19-21H,9-11,13-15H2. The van der Waals surface area contributed by atoms with Gasteiger partial charge in [-0.3, -0.25) is 9.69 Å². The average molecular weight is 422 g/mol. The predicted molar refractivity (Wildman–Crippen MR) is 109 cm³/mol. The molecule has 4 rings (SSSR count). The molecular formula is C24H23FN2O4. The number of hydrogen-bond acceptors (Lipinski definition) is 5. The highest BCUT2D eigenvalue weighted by Gasteiger charge is 2.44. The van der Waals surface area contributed by atoms with Crippen molar-refractivity contribution in [2.24, 2.45) is 5.92 Å². The lowest BCUT2D eigenvalue weighted by Crippen LogP contribution is -2.60. The lowest BCUT2D eigenvalue weighted by Gasteiger charge is -2.47. The molecule has 2 unspecified atom stereocenters. The van der Waals surface area contributed by atoms with Crippen LogP contribution < -0.4 is 0 Å². The van der Waals surface area contributed by atoms with Crippen LogP contribution in [-0.2, 0) is 27.3 Å². The van der Waals surface area contributed by atoms with Crippen LogP contribution in [0.15, 0.2) is 48.5 Å². The van der Waals surface area contributed by atoms with Crippen molar-refractivity contribution in [1.82, 2.24) is 4.90 Å². The second-order valence-electron chi connectivity index (χ2n) is 8.02. The number of morpholine rings is 1. The lowest BCUT2D eigenvalue weighted by molar-refractivity contribution is -0.130. The first kappa shape index (κ1) is 21.0. The molecule has 2 aromatic rings. The molecular weight excluding hydrogens is 399 g/mol. The Hall–Kier alpha value is -3.24. The highest BCUT2D eigenvalue weighted by Crippen LogP contribution is 2.33. The summed E-state index contributed by atoms with van der Waals surface area (Å²) in [5.74, 6) is -0.872. The Morgan fingerprint density at radius 3 is 2.48 bits per heavy atom. The number of nitrogens with zero attached hydrogens (tertiary/aromatic N) is 2. The molecule has 2 fully saturated rings. The van der Waals surface area contributed by atoms with Crippen LogP contribution in [0.5, 0.6) is 0 Å². The normalized spacial score (nSPS) is 22.5. The third-order valence-electron chi connectivity index (χ3n) is 5.94. The van der Waals surface area contributed by atoms with Crippen LogP contribution >= 0.6 is 0 Å². The van der Waals surface area contributed by atoms with Crippen molar-refractivity contribution in [2.75, 3.05) is 13.2 Å². The number of amides is 1. The molecule has 2 aliphatic rings. The number of nitriles is 1. The van der Waals surface area contributed by atoms with Gasteiger partial charge < -0.3 is 9.47 Å². The monoisotopic (exact) mass is 422 g/mol. The maximum Gasteiger partial charge on any atom is 0.410 e. The zero-order valence-corrected chi connectivity index (χ0v) is 17.0. The maximum absolute atomic E-state index is 14.2. The lowest BCUT2D eigenvalue weighted by atomic mass is 9.81. The van der Waals surface area contributed by atoms with Gasteiger partial charge in [0.1, 0.15) is 18.2 Å². The summed E-state index contributed by atoms with van der Waals surface area (Å²) in [7, 11) is 0. The molecule has 0 aromatic heterocycles. The second kappa shape index (κ2) is 9.27. The van der Waals surface area contributed by atoms with Crippen molar-refractivity contribution in [3.05, 3.63) is 71.0 Å². The molecule has 0 spiro atoms. The van der Waals surface area contributed by atoms with Crippen molar-refractivity contribution in [3.8, 4) is 6.07 Å². The number of ketones is 1. The summed E-state index contributed by atoms with van der Waals surface area (Å²) in [5, 5.41) is 8.87. The Labute approximate surface area is 180 Å². The van der Waals surface area contributed by atoms with E-state index in [9.17, 15) is 14.0 Å². The first-order valence-electron chi connectivity index (χ1n) is 10.3. The molecule has 2 atom stereocenters. The van der Waals surface area contributed by atoms with E-state index in [4.69, 9.17) is 14.7 Å². The van der Waals surface area contributed by atoms with Gasteiger partial charge in [0, 0.05) is 12.3 Å². The molecule has 0 aliphatic carbocycles. The zero-order valence-electron chi connectivity index (χ0n) is 17.0. The smallest absolute Gasteiger partial charge is 0.410 e. The molecule has 2 heterocycles. The number of carbonyl (C=O) groups excluding carboxylic acids is 2. The number of halogens is 1. The molecule has 7 heteroatoms. The number of ether oxygens (including phenoxy) is 2. The van der Waals surface area contributed by atoms with E-state index in [1.165, 1.54) is 12.1 Å². The van der Waals surface area contributed by atoms with Gasteiger partial charge in [-0.2, -0.15) is 5.26 Å². The number of Topliss-reactive ketones (excluding diaryl/α,β-unsaturated/α-hetero) is 1. The molecule has 0 radical (unpaired) electrons. The maximum atomic E-state index is 14.2. The SMILES string of the molecule is N#Cc1ccc(CC(=O)C2CC3COCC(C2)N3C(=O)OCc2ccccc2)c(F)c1. The summed E-state index contributed by atoms with van der Waals surface area (Å²) in [6.07, 6.45) is 0.508. The van der Waals surface area contributed by atoms with Gasteiger partial charge in [-0.25, -0.2) is 9.18 Å². The average Bonchev–Trinajstić information content (AvgIpc) is 2.78. The number of hydrogen-bond donors (Lipinski definition) is 0. The van der Waals surface area contributed by atoms with Gasteiger partial charge in [-0.1, -0.05) is 36.4 Å². The fourth-order valence-electron chi connectivity index (χ4n) is 4.36. The predicted octanol–water partition coefficient (Wildman–Crippen LogP) is 3.63. The Morgan fingerprint density at radius 1 is 1.13 bits per heavy atom. The second-order valence-corrected chi connectivity index (χ2v) is 8.02. The van der Waals surface area contributed by atoms with Crippen LogP contribution in [0.1, 0.15) is 29.5 Å². The van der Waals surface area contributed by atoms with Gasteiger partial charge in [0.05, 0.1) is 36.9 Å². The minimum Gasteiger partial charge on any atom is -0.445 e. The fraction of sp³-hybridized carbons (Fsp3) is 0.375. The number of benzene rings is 2. The van der Waals surface area contributed by atoms with Crippen molar-refractivity contribution in [3.63, 3.8) is 0 Å². The fourth-order valence-corrected chi connectivity index (χ4v) is 4.36. The van der Waals surface area contributed by atoms with Crippen LogP contribution in [-0.4, -0.2) is 42.1 Å². The molecule has 2 aromatic carbocycles. The van der Waals surface area contributed by atoms with Crippen LogP contribution in [0.25, 0.3) is 0 Å². The highest BCUT2D eigenvalue weighted by molar-refractivity contribution is 5.84. The first-order chi connectivity index (χ1) is 15.0. The summed E-state index contributed by atoms with van der Waals surface area (Å²) >= 11 is 0. The van der Waals surface area contributed by atoms with Crippen LogP contribution in [0.4, 0.5) is 9.18 Å². The minimum atomic E-state index is -0.544. The van der Waals surface area contributed by atoms with Gasteiger partial charge in [0.2, 0.25) is 0 Å². The third-order valence-corrected chi connectivity index (χ3v) is 5.94. The molecule has 1 amide bonds. The summed E-state index contributed by atoms with van der Waals surface area (Å²) in [6.45, 7) is 0.898. The van der Waals surface area contributed by atoms with Crippen molar-refractivity contribution in [2.45, 2.75) is 38.0 Å². The molecule has 0 saturated carbocycles. The zero-order chi connectivity index (χ0) is 21.8. The Bertz CT molecular complexity index is 990. The van der Waals surface area contributed by atoms with Crippen LogP contribution in [0.2, 0.25) is 0 Å². The quantitative estimate of drug-likeness (QED) is 0.735.